The molecule has 8 nitrogen and oxygen atoms in total. The van der Waals surface area contributed by atoms with E-state index in [0.29, 0.717) is 17.7 Å². The summed E-state index contributed by atoms with van der Waals surface area (Å²) >= 11 is 0. The number of benzene rings is 1. The average molecular weight is 288 g/mol. The molecule has 21 heavy (non-hydrogen) atoms. The van der Waals surface area contributed by atoms with Gasteiger partial charge in [-0.15, -0.1) is 0 Å². The van der Waals surface area contributed by atoms with Crippen LogP contribution in [0.5, 0.6) is 0 Å². The number of nitrogens with zero attached hydrogens (tertiary/aromatic N) is 3. The fourth-order valence-electron chi connectivity index (χ4n) is 2.57. The van der Waals surface area contributed by atoms with Gasteiger partial charge in [-0.2, -0.15) is 0 Å². The first-order valence-corrected chi connectivity index (χ1v) is 6.46. The molecule has 1 unspecified atom stereocenters. The monoisotopic (exact) mass is 288 g/mol. The maximum absolute atomic E-state index is 11.9. The normalized spacial score (nSPS) is 21.0. The number of amides is 2. The van der Waals surface area contributed by atoms with E-state index in [-0.39, 0.29) is 30.5 Å². The average Bonchev–Trinajstić information content (AvgIpc) is 2.46. The zero-order chi connectivity index (χ0) is 15.0. The van der Waals surface area contributed by atoms with Gasteiger partial charge in [0, 0.05) is 12.5 Å². The van der Waals surface area contributed by atoms with Crippen molar-refractivity contribution >= 4 is 29.5 Å². The van der Waals surface area contributed by atoms with Crippen LogP contribution in [0.4, 0.5) is 11.4 Å². The van der Waals surface area contributed by atoms with Crippen molar-refractivity contribution in [3.63, 3.8) is 0 Å². The summed E-state index contributed by atoms with van der Waals surface area (Å²) in [6.07, 6.45) is 2.14. The first-order valence-electron chi connectivity index (χ1n) is 6.46. The summed E-state index contributed by atoms with van der Waals surface area (Å²) in [4.78, 5) is 39.5. The molecule has 1 N–H and O–H groups in total. The minimum absolute atomic E-state index is 0.0124. The van der Waals surface area contributed by atoms with Crippen LogP contribution < -0.4 is 5.32 Å². The molecule has 0 radical (unpaired) electrons. The van der Waals surface area contributed by atoms with E-state index in [0.717, 1.165) is 0 Å². The van der Waals surface area contributed by atoms with Crippen LogP contribution in [-0.2, 0) is 16.1 Å². The molecule has 0 aliphatic carbocycles. The summed E-state index contributed by atoms with van der Waals surface area (Å²) in [5, 5.41) is 13.3. The lowest BCUT2D eigenvalue weighted by molar-refractivity contribution is -0.385. The van der Waals surface area contributed by atoms with Gasteiger partial charge in [-0.3, -0.25) is 25.0 Å². The van der Waals surface area contributed by atoms with Gasteiger partial charge in [0.15, 0.2) is 0 Å². The molecule has 2 amide bonds. The third-order valence-corrected chi connectivity index (χ3v) is 3.62. The second-order valence-electron chi connectivity index (χ2n) is 4.92. The lowest BCUT2D eigenvalue weighted by Gasteiger charge is -2.33. The van der Waals surface area contributed by atoms with Crippen LogP contribution in [-0.4, -0.2) is 34.0 Å². The minimum Gasteiger partial charge on any atom is -0.346 e. The van der Waals surface area contributed by atoms with Crippen molar-refractivity contribution in [3.05, 3.63) is 33.9 Å². The standard InChI is InChI=1S/C13H12N4O4/c18-12-5-4-11(13(19)15-12)16-6-8-9(14-7-16)2-1-3-10(8)17(20)21/h1-3,7,11H,4-6H2,(H,15,18,19). The number of fused-ring (bicyclic) bond motifs is 1. The van der Waals surface area contributed by atoms with E-state index in [4.69, 9.17) is 0 Å². The van der Waals surface area contributed by atoms with E-state index >= 15 is 0 Å². The number of rotatable bonds is 2. The summed E-state index contributed by atoms with van der Waals surface area (Å²) in [5.74, 6) is -0.684. The third kappa shape index (κ3) is 2.35. The number of hydrogen-bond acceptors (Lipinski definition) is 6. The van der Waals surface area contributed by atoms with Crippen LogP contribution in [0.1, 0.15) is 18.4 Å². The molecular formula is C13H12N4O4. The number of aliphatic imine (C=N–C) groups is 1. The Labute approximate surface area is 119 Å². The summed E-state index contributed by atoms with van der Waals surface area (Å²) in [5.41, 5.74) is 1.00. The van der Waals surface area contributed by atoms with Crippen molar-refractivity contribution in [1.82, 2.24) is 10.2 Å². The van der Waals surface area contributed by atoms with Gasteiger partial charge in [0.2, 0.25) is 11.8 Å². The zero-order valence-corrected chi connectivity index (χ0v) is 11.0. The molecule has 2 heterocycles. The number of nitro benzene ring substituents is 1. The summed E-state index contributed by atoms with van der Waals surface area (Å²) in [7, 11) is 0. The summed E-state index contributed by atoms with van der Waals surface area (Å²) < 4.78 is 0. The predicted octanol–water partition coefficient (Wildman–Crippen LogP) is 0.875. The number of piperidine rings is 1. The largest absolute Gasteiger partial charge is 0.346 e. The molecule has 0 bridgehead atoms. The van der Waals surface area contributed by atoms with Gasteiger partial charge in [-0.1, -0.05) is 6.07 Å². The Hall–Kier alpha value is -2.77. The fraction of sp³-hybridized carbons (Fsp3) is 0.308. The Morgan fingerprint density at radius 3 is 2.90 bits per heavy atom. The van der Waals surface area contributed by atoms with E-state index in [2.05, 4.69) is 10.3 Å². The second-order valence-corrected chi connectivity index (χ2v) is 4.92. The molecule has 108 valence electrons. The Kier molecular flexibility index (Phi) is 3.13. The Bertz CT molecular complexity index is 670. The SMILES string of the molecule is O=C1CCC(N2C=Nc3cccc([N+](=O)[O-])c3C2)C(=O)N1. The van der Waals surface area contributed by atoms with E-state index in [1.807, 2.05) is 0 Å². The highest BCUT2D eigenvalue weighted by Crippen LogP contribution is 2.33. The second kappa shape index (κ2) is 4.97. The maximum atomic E-state index is 11.9. The van der Waals surface area contributed by atoms with E-state index in [1.165, 1.54) is 12.4 Å². The van der Waals surface area contributed by atoms with Crippen molar-refractivity contribution in [3.8, 4) is 0 Å². The summed E-state index contributed by atoms with van der Waals surface area (Å²) in [6.45, 7) is 0.224. The van der Waals surface area contributed by atoms with Crippen molar-refractivity contribution in [2.75, 3.05) is 0 Å². The van der Waals surface area contributed by atoms with Crippen molar-refractivity contribution in [1.29, 1.82) is 0 Å². The molecule has 0 saturated carbocycles. The van der Waals surface area contributed by atoms with Crippen LogP contribution in [0.25, 0.3) is 0 Å². The smallest absolute Gasteiger partial charge is 0.276 e. The molecule has 0 aromatic heterocycles. The first kappa shape index (κ1) is 13.2. The highest BCUT2D eigenvalue weighted by molar-refractivity contribution is 6.01. The minimum atomic E-state index is -0.528. The lowest BCUT2D eigenvalue weighted by Crippen LogP contribution is -2.52. The Balaban J connectivity index is 1.89. The summed E-state index contributed by atoms with van der Waals surface area (Å²) in [6, 6.07) is 4.17. The molecule has 1 saturated heterocycles. The van der Waals surface area contributed by atoms with Gasteiger partial charge < -0.3 is 4.90 Å². The van der Waals surface area contributed by atoms with Crippen LogP contribution in [0.2, 0.25) is 0 Å². The Morgan fingerprint density at radius 1 is 1.38 bits per heavy atom. The zero-order valence-electron chi connectivity index (χ0n) is 11.0. The molecule has 8 heteroatoms. The maximum Gasteiger partial charge on any atom is 0.276 e. The molecular weight excluding hydrogens is 276 g/mol. The number of carbonyl (C=O) groups excluding carboxylic acids is 2. The van der Waals surface area contributed by atoms with E-state index in [9.17, 15) is 19.7 Å². The number of imide groups is 1. The van der Waals surface area contributed by atoms with Crippen molar-refractivity contribution < 1.29 is 14.5 Å². The third-order valence-electron chi connectivity index (χ3n) is 3.62. The van der Waals surface area contributed by atoms with Gasteiger partial charge in [0.1, 0.15) is 6.04 Å². The molecule has 1 atom stereocenters. The van der Waals surface area contributed by atoms with E-state index < -0.39 is 11.0 Å². The topological polar surface area (TPSA) is 105 Å². The van der Waals surface area contributed by atoms with Crippen molar-refractivity contribution in [2.45, 2.75) is 25.4 Å². The van der Waals surface area contributed by atoms with Gasteiger partial charge in [0.05, 0.1) is 29.1 Å². The van der Waals surface area contributed by atoms with Gasteiger partial charge in [0.25, 0.3) is 5.69 Å². The molecule has 1 fully saturated rings. The van der Waals surface area contributed by atoms with Crippen LogP contribution in [0.15, 0.2) is 23.2 Å². The van der Waals surface area contributed by atoms with Gasteiger partial charge in [-0.25, -0.2) is 4.99 Å². The quantitative estimate of drug-likeness (QED) is 0.494. The molecule has 2 aliphatic heterocycles. The molecule has 3 rings (SSSR count). The lowest BCUT2D eigenvalue weighted by atomic mass is 10.0. The molecule has 1 aromatic carbocycles. The van der Waals surface area contributed by atoms with Crippen LogP contribution in [0.3, 0.4) is 0 Å². The highest BCUT2D eigenvalue weighted by Gasteiger charge is 2.33. The molecule has 0 spiro atoms. The number of carbonyl (C=O) groups is 2. The van der Waals surface area contributed by atoms with Crippen LogP contribution in [0, 0.1) is 10.1 Å². The highest BCUT2D eigenvalue weighted by atomic mass is 16.6. The molecule has 2 aliphatic rings. The number of hydrogen-bond donors (Lipinski definition) is 1. The van der Waals surface area contributed by atoms with Gasteiger partial charge in [-0.05, 0) is 12.5 Å². The fourth-order valence-corrected chi connectivity index (χ4v) is 2.57. The van der Waals surface area contributed by atoms with Crippen molar-refractivity contribution in [2.24, 2.45) is 4.99 Å². The first-order chi connectivity index (χ1) is 10.1. The van der Waals surface area contributed by atoms with Crippen LogP contribution >= 0.6 is 0 Å². The van der Waals surface area contributed by atoms with E-state index in [1.54, 1.807) is 17.0 Å². The Morgan fingerprint density at radius 2 is 2.19 bits per heavy atom. The predicted molar refractivity (Wildman–Crippen MR) is 73.0 cm³/mol. The number of nitrogens with one attached hydrogen (secondary N) is 1. The molecule has 1 aromatic rings. The number of nitro groups is 1. The van der Waals surface area contributed by atoms with Gasteiger partial charge >= 0.3 is 0 Å².